The van der Waals surface area contributed by atoms with Gasteiger partial charge in [-0.3, -0.25) is 9.59 Å². The summed E-state index contributed by atoms with van der Waals surface area (Å²) >= 11 is 0. The third-order valence-corrected chi connectivity index (χ3v) is 3.65. The van der Waals surface area contributed by atoms with Crippen LogP contribution in [0, 0.1) is 11.7 Å². The maximum Gasteiger partial charge on any atom is 0.318 e. The molecule has 0 spiro atoms. The molecule has 2 aromatic carbocycles. The van der Waals surface area contributed by atoms with Crippen LogP contribution in [0.25, 0.3) is 11.1 Å². The molecule has 2 N–H and O–H groups in total. The second-order valence-electron chi connectivity index (χ2n) is 5.07. The summed E-state index contributed by atoms with van der Waals surface area (Å²) in [6.45, 7) is 1.57. The van der Waals surface area contributed by atoms with Gasteiger partial charge in [-0.05, 0) is 28.8 Å². The zero-order valence-electron chi connectivity index (χ0n) is 11.9. The predicted molar refractivity (Wildman–Crippen MR) is 79.0 cm³/mol. The van der Waals surface area contributed by atoms with Crippen molar-refractivity contribution >= 4 is 11.9 Å². The average Bonchev–Trinajstić information content (AvgIpc) is 2.47. The van der Waals surface area contributed by atoms with Crippen molar-refractivity contribution in [3.8, 4) is 11.1 Å². The molecule has 1 unspecified atom stereocenters. The first-order valence-corrected chi connectivity index (χ1v) is 6.71. The lowest BCUT2D eigenvalue weighted by molar-refractivity contribution is -0.155. The molecule has 0 bridgehead atoms. The quantitative estimate of drug-likeness (QED) is 0.830. The van der Waals surface area contributed by atoms with E-state index in [-0.39, 0.29) is 5.82 Å². The molecule has 0 aliphatic rings. The second-order valence-corrected chi connectivity index (χ2v) is 5.07. The molecular weight excluding hydrogens is 287 g/mol. The highest BCUT2D eigenvalue weighted by molar-refractivity contribution is 5.94. The summed E-state index contributed by atoms with van der Waals surface area (Å²) in [6, 6.07) is 12.9. The van der Waals surface area contributed by atoms with Crippen molar-refractivity contribution in [2.75, 3.05) is 0 Å². The molecule has 4 nitrogen and oxygen atoms in total. The van der Waals surface area contributed by atoms with Crippen molar-refractivity contribution < 1.29 is 24.2 Å². The maximum absolute atomic E-state index is 12.9. The zero-order chi connectivity index (χ0) is 16.3. The minimum absolute atomic E-state index is 0.320. The van der Waals surface area contributed by atoms with Gasteiger partial charge >= 0.3 is 11.9 Å². The number of hydrogen-bond acceptors (Lipinski definition) is 2. The van der Waals surface area contributed by atoms with Gasteiger partial charge in [-0.25, -0.2) is 4.39 Å². The van der Waals surface area contributed by atoms with Gasteiger partial charge in [-0.2, -0.15) is 0 Å². The standard InChI is InChI=1S/C17H15FO4/c1-10(15(16(19)20)17(21)22)11-2-4-12(5-3-11)13-6-8-14(18)9-7-13/h2-10,15H,1H3,(H,19,20)(H,21,22). The van der Waals surface area contributed by atoms with Crippen molar-refractivity contribution in [1.29, 1.82) is 0 Å². The number of carboxylic acid groups (broad SMARTS) is 2. The van der Waals surface area contributed by atoms with Gasteiger partial charge in [0.05, 0.1) is 0 Å². The van der Waals surface area contributed by atoms with E-state index in [9.17, 15) is 14.0 Å². The van der Waals surface area contributed by atoms with E-state index in [1.54, 1.807) is 43.3 Å². The number of aliphatic carboxylic acids is 2. The Balaban J connectivity index is 2.26. The molecule has 0 fully saturated rings. The van der Waals surface area contributed by atoms with E-state index in [4.69, 9.17) is 10.2 Å². The van der Waals surface area contributed by atoms with Gasteiger partial charge in [0.1, 0.15) is 5.82 Å². The number of carbonyl (C=O) groups is 2. The monoisotopic (exact) mass is 302 g/mol. The van der Waals surface area contributed by atoms with E-state index in [0.717, 1.165) is 11.1 Å². The Morgan fingerprint density at radius 2 is 1.27 bits per heavy atom. The van der Waals surface area contributed by atoms with E-state index < -0.39 is 23.8 Å². The van der Waals surface area contributed by atoms with Gasteiger partial charge in [0.2, 0.25) is 0 Å². The Bertz CT molecular complexity index is 663. The summed E-state index contributed by atoms with van der Waals surface area (Å²) in [6.07, 6.45) is 0. The van der Waals surface area contributed by atoms with Crippen LogP contribution in [-0.2, 0) is 9.59 Å². The second kappa shape index (κ2) is 6.39. The largest absolute Gasteiger partial charge is 0.481 e. The van der Waals surface area contributed by atoms with Crippen LogP contribution in [0.3, 0.4) is 0 Å². The fourth-order valence-corrected chi connectivity index (χ4v) is 2.35. The summed E-state index contributed by atoms with van der Waals surface area (Å²) in [5.41, 5.74) is 2.30. The third kappa shape index (κ3) is 3.31. The molecule has 0 heterocycles. The molecule has 5 heteroatoms. The summed E-state index contributed by atoms with van der Waals surface area (Å²) < 4.78 is 12.9. The average molecular weight is 302 g/mol. The smallest absolute Gasteiger partial charge is 0.318 e. The summed E-state index contributed by atoms with van der Waals surface area (Å²) in [5.74, 6) is -5.18. The zero-order valence-corrected chi connectivity index (χ0v) is 11.9. The molecule has 0 radical (unpaired) electrons. The highest BCUT2D eigenvalue weighted by Crippen LogP contribution is 2.28. The van der Waals surface area contributed by atoms with E-state index in [1.807, 2.05) is 0 Å². The molecule has 2 aromatic rings. The van der Waals surface area contributed by atoms with Crippen LogP contribution in [-0.4, -0.2) is 22.2 Å². The molecule has 0 aliphatic heterocycles. The molecule has 0 aliphatic carbocycles. The number of halogens is 1. The molecule has 0 saturated carbocycles. The third-order valence-electron chi connectivity index (χ3n) is 3.65. The van der Waals surface area contributed by atoms with Gasteiger partial charge in [0.25, 0.3) is 0 Å². The molecule has 2 rings (SSSR count). The number of rotatable bonds is 5. The van der Waals surface area contributed by atoms with Crippen molar-refractivity contribution in [2.24, 2.45) is 5.92 Å². The SMILES string of the molecule is CC(c1ccc(-c2ccc(F)cc2)cc1)C(C(=O)O)C(=O)O. The number of benzene rings is 2. The molecule has 22 heavy (non-hydrogen) atoms. The minimum Gasteiger partial charge on any atom is -0.481 e. The van der Waals surface area contributed by atoms with Gasteiger partial charge in [-0.15, -0.1) is 0 Å². The summed E-state index contributed by atoms with van der Waals surface area (Å²) in [5, 5.41) is 18.0. The lowest BCUT2D eigenvalue weighted by atomic mass is 9.87. The Kier molecular flexibility index (Phi) is 4.56. The fourth-order valence-electron chi connectivity index (χ4n) is 2.35. The molecular formula is C17H15FO4. The van der Waals surface area contributed by atoms with Crippen molar-refractivity contribution in [2.45, 2.75) is 12.8 Å². The van der Waals surface area contributed by atoms with Gasteiger partial charge < -0.3 is 10.2 Å². The van der Waals surface area contributed by atoms with Crippen LogP contribution in [0.2, 0.25) is 0 Å². The molecule has 0 amide bonds. The van der Waals surface area contributed by atoms with Gasteiger partial charge in [-0.1, -0.05) is 43.3 Å². The van der Waals surface area contributed by atoms with E-state index >= 15 is 0 Å². The highest BCUT2D eigenvalue weighted by atomic mass is 19.1. The molecule has 0 saturated heterocycles. The van der Waals surface area contributed by atoms with Crippen LogP contribution in [0.4, 0.5) is 4.39 Å². The van der Waals surface area contributed by atoms with E-state index in [0.29, 0.717) is 5.56 Å². The number of carboxylic acids is 2. The number of hydrogen-bond donors (Lipinski definition) is 2. The predicted octanol–water partition coefficient (Wildman–Crippen LogP) is 3.38. The first-order valence-electron chi connectivity index (χ1n) is 6.71. The van der Waals surface area contributed by atoms with Crippen LogP contribution < -0.4 is 0 Å². The van der Waals surface area contributed by atoms with Crippen molar-refractivity contribution in [1.82, 2.24) is 0 Å². The van der Waals surface area contributed by atoms with E-state index in [1.165, 1.54) is 12.1 Å². The van der Waals surface area contributed by atoms with Crippen LogP contribution in [0.15, 0.2) is 48.5 Å². The Hall–Kier alpha value is -2.69. The van der Waals surface area contributed by atoms with Crippen LogP contribution >= 0.6 is 0 Å². The van der Waals surface area contributed by atoms with Crippen molar-refractivity contribution in [3.05, 3.63) is 59.9 Å². The fraction of sp³-hybridized carbons (Fsp3) is 0.176. The molecule has 114 valence electrons. The van der Waals surface area contributed by atoms with Crippen molar-refractivity contribution in [3.63, 3.8) is 0 Å². The Labute approximate surface area is 126 Å². The first kappa shape index (κ1) is 15.7. The van der Waals surface area contributed by atoms with Gasteiger partial charge in [0.15, 0.2) is 5.92 Å². The van der Waals surface area contributed by atoms with Crippen LogP contribution in [0.1, 0.15) is 18.4 Å². The first-order chi connectivity index (χ1) is 10.4. The summed E-state index contributed by atoms with van der Waals surface area (Å²) in [7, 11) is 0. The van der Waals surface area contributed by atoms with Gasteiger partial charge in [0, 0.05) is 5.92 Å². The molecule has 0 aromatic heterocycles. The molecule has 1 atom stereocenters. The maximum atomic E-state index is 12.9. The minimum atomic E-state index is -1.49. The highest BCUT2D eigenvalue weighted by Gasteiger charge is 2.32. The lowest BCUT2D eigenvalue weighted by Gasteiger charge is -2.17. The van der Waals surface area contributed by atoms with E-state index in [2.05, 4.69) is 0 Å². The topological polar surface area (TPSA) is 74.6 Å². The Morgan fingerprint density at radius 3 is 1.68 bits per heavy atom. The Morgan fingerprint density at radius 1 is 0.864 bits per heavy atom. The summed E-state index contributed by atoms with van der Waals surface area (Å²) in [4.78, 5) is 22.1. The van der Waals surface area contributed by atoms with Crippen LogP contribution in [0.5, 0.6) is 0 Å². The lowest BCUT2D eigenvalue weighted by Crippen LogP contribution is -2.28. The normalized spacial score (nSPS) is 12.1.